The van der Waals surface area contributed by atoms with Crippen LogP contribution in [-0.4, -0.2) is 21.8 Å². The summed E-state index contributed by atoms with van der Waals surface area (Å²) >= 11 is 12.0. The molecule has 1 aliphatic heterocycles. The van der Waals surface area contributed by atoms with Crippen LogP contribution in [0.4, 0.5) is 5.95 Å². The summed E-state index contributed by atoms with van der Waals surface area (Å²) in [5.41, 5.74) is 3.24. The molecular weight excluding hydrogens is 343 g/mol. The Balaban J connectivity index is 1.84. The number of hydrogen-bond acceptors (Lipinski definition) is 3. The van der Waals surface area contributed by atoms with E-state index in [1.165, 1.54) is 0 Å². The zero-order chi connectivity index (χ0) is 16.7. The second kappa shape index (κ2) is 5.96. The summed E-state index contributed by atoms with van der Waals surface area (Å²) in [5, 5.41) is 5.83. The molecule has 0 N–H and O–H groups in total. The molecule has 2 heterocycles. The van der Waals surface area contributed by atoms with Crippen LogP contribution in [0.3, 0.4) is 0 Å². The Morgan fingerprint density at radius 2 is 1.54 bits per heavy atom. The van der Waals surface area contributed by atoms with Gasteiger partial charge >= 0.3 is 0 Å². The van der Waals surface area contributed by atoms with Gasteiger partial charge in [-0.1, -0.05) is 47.5 Å². The highest BCUT2D eigenvalue weighted by Gasteiger charge is 2.27. The third-order valence-electron chi connectivity index (χ3n) is 4.15. The highest BCUT2D eigenvalue weighted by atomic mass is 35.5. The zero-order valence-electron chi connectivity index (χ0n) is 12.9. The largest absolute Gasteiger partial charge is 0.313 e. The van der Waals surface area contributed by atoms with Crippen molar-refractivity contribution in [2.24, 2.45) is 0 Å². The maximum absolute atomic E-state index is 6.02. The van der Waals surface area contributed by atoms with E-state index in [0.29, 0.717) is 5.02 Å². The van der Waals surface area contributed by atoms with Crippen molar-refractivity contribution in [1.82, 2.24) is 14.8 Å². The van der Waals surface area contributed by atoms with Crippen LogP contribution in [0.15, 0.2) is 60.9 Å². The molecule has 0 amide bonds. The molecule has 0 saturated carbocycles. The van der Waals surface area contributed by atoms with Gasteiger partial charge in [0, 0.05) is 22.8 Å². The van der Waals surface area contributed by atoms with Crippen LogP contribution < -0.4 is 4.90 Å². The van der Waals surface area contributed by atoms with E-state index in [-0.39, 0.29) is 6.04 Å². The number of allylic oxidation sites excluding steroid dienone is 1. The summed E-state index contributed by atoms with van der Waals surface area (Å²) < 4.78 is 1.91. The van der Waals surface area contributed by atoms with Gasteiger partial charge < -0.3 is 4.90 Å². The first kappa shape index (κ1) is 15.2. The molecule has 6 heteroatoms. The highest BCUT2D eigenvalue weighted by Crippen LogP contribution is 2.35. The molecule has 0 saturated heterocycles. The summed E-state index contributed by atoms with van der Waals surface area (Å²) in [6.45, 7) is 0. The number of benzene rings is 2. The monoisotopic (exact) mass is 356 g/mol. The summed E-state index contributed by atoms with van der Waals surface area (Å²) in [7, 11) is 1.99. The number of anilines is 1. The molecule has 1 unspecified atom stereocenters. The van der Waals surface area contributed by atoms with E-state index in [2.05, 4.69) is 16.2 Å². The van der Waals surface area contributed by atoms with Crippen LogP contribution in [0.5, 0.6) is 0 Å². The van der Waals surface area contributed by atoms with Crippen LogP contribution in [0.1, 0.15) is 17.2 Å². The van der Waals surface area contributed by atoms with Gasteiger partial charge in [0.25, 0.3) is 0 Å². The van der Waals surface area contributed by atoms with Crippen LogP contribution in [0.2, 0.25) is 10.0 Å². The molecule has 0 bridgehead atoms. The summed E-state index contributed by atoms with van der Waals surface area (Å²) in [4.78, 5) is 6.44. The Bertz CT molecular complexity index is 898. The second-order valence-electron chi connectivity index (χ2n) is 5.62. The van der Waals surface area contributed by atoms with Crippen molar-refractivity contribution in [1.29, 1.82) is 0 Å². The second-order valence-corrected chi connectivity index (χ2v) is 6.49. The Labute approximate surface area is 150 Å². The van der Waals surface area contributed by atoms with Gasteiger partial charge in [-0.05, 0) is 41.5 Å². The molecule has 0 spiro atoms. The van der Waals surface area contributed by atoms with Gasteiger partial charge in [0.1, 0.15) is 12.4 Å². The standard InChI is InChI=1S/C18H14Cl2N4/c1-23-16(12-2-6-14(19)7-3-12)10-17(24-18(23)21-11-22-24)13-4-8-15(20)9-5-13/h2-11,17H,1H3. The minimum atomic E-state index is -0.0401. The average molecular weight is 357 g/mol. The molecule has 2 aromatic carbocycles. The third-order valence-corrected chi connectivity index (χ3v) is 4.65. The molecule has 0 aliphatic carbocycles. The van der Waals surface area contributed by atoms with Gasteiger partial charge in [-0.15, -0.1) is 0 Å². The number of nitrogens with zero attached hydrogens (tertiary/aromatic N) is 4. The average Bonchev–Trinajstić information content (AvgIpc) is 3.08. The lowest BCUT2D eigenvalue weighted by atomic mass is 10.0. The Kier molecular flexibility index (Phi) is 3.79. The lowest BCUT2D eigenvalue weighted by molar-refractivity contribution is 0.599. The predicted molar refractivity (Wildman–Crippen MR) is 97.4 cm³/mol. The molecule has 1 aromatic heterocycles. The molecule has 120 valence electrons. The Hall–Kier alpha value is -2.30. The van der Waals surface area contributed by atoms with Gasteiger partial charge in [0.2, 0.25) is 5.95 Å². The molecular formula is C18H14Cl2N4. The van der Waals surface area contributed by atoms with Gasteiger partial charge in [0.05, 0.1) is 0 Å². The maximum Gasteiger partial charge on any atom is 0.228 e. The predicted octanol–water partition coefficient (Wildman–Crippen LogP) is 4.67. The van der Waals surface area contributed by atoms with Crippen LogP contribution in [0, 0.1) is 0 Å². The van der Waals surface area contributed by atoms with Crippen molar-refractivity contribution in [3.05, 3.63) is 82.1 Å². The van der Waals surface area contributed by atoms with Crippen molar-refractivity contribution < 1.29 is 0 Å². The lowest BCUT2D eigenvalue weighted by Gasteiger charge is -2.31. The van der Waals surface area contributed by atoms with E-state index in [1.54, 1.807) is 6.33 Å². The number of hydrogen-bond donors (Lipinski definition) is 0. The molecule has 3 aromatic rings. The third kappa shape index (κ3) is 2.58. The smallest absolute Gasteiger partial charge is 0.228 e. The van der Waals surface area contributed by atoms with E-state index < -0.39 is 0 Å². The van der Waals surface area contributed by atoms with E-state index in [0.717, 1.165) is 27.8 Å². The molecule has 1 atom stereocenters. The molecule has 4 rings (SSSR count). The molecule has 1 aliphatic rings. The van der Waals surface area contributed by atoms with Crippen molar-refractivity contribution >= 4 is 34.8 Å². The minimum Gasteiger partial charge on any atom is -0.313 e. The normalized spacial score (nSPS) is 16.7. The zero-order valence-corrected chi connectivity index (χ0v) is 14.4. The molecule has 4 nitrogen and oxygen atoms in total. The van der Waals surface area contributed by atoms with Gasteiger partial charge in [-0.3, -0.25) is 0 Å². The SMILES string of the molecule is CN1C(c2ccc(Cl)cc2)=CC(c2ccc(Cl)cc2)n2ncnc21. The van der Waals surface area contributed by atoms with E-state index in [9.17, 15) is 0 Å². The van der Waals surface area contributed by atoms with Gasteiger partial charge in [0.15, 0.2) is 0 Å². The molecule has 0 radical (unpaired) electrons. The number of rotatable bonds is 2. The van der Waals surface area contributed by atoms with Crippen LogP contribution in [-0.2, 0) is 0 Å². The summed E-state index contributed by atoms with van der Waals surface area (Å²) in [6, 6.07) is 15.6. The molecule has 0 fully saturated rings. The quantitative estimate of drug-likeness (QED) is 0.669. The number of fused-ring (bicyclic) bond motifs is 1. The van der Waals surface area contributed by atoms with Crippen molar-refractivity contribution in [2.75, 3.05) is 11.9 Å². The van der Waals surface area contributed by atoms with E-state index in [1.807, 2.05) is 65.2 Å². The van der Waals surface area contributed by atoms with Gasteiger partial charge in [-0.25, -0.2) is 4.68 Å². The van der Waals surface area contributed by atoms with Crippen LogP contribution in [0.25, 0.3) is 5.70 Å². The van der Waals surface area contributed by atoms with Gasteiger partial charge in [-0.2, -0.15) is 10.1 Å². The number of aromatic nitrogens is 3. The van der Waals surface area contributed by atoms with Crippen LogP contribution >= 0.6 is 23.2 Å². The number of halogens is 2. The minimum absolute atomic E-state index is 0.0401. The Morgan fingerprint density at radius 1 is 0.917 bits per heavy atom. The summed E-state index contributed by atoms with van der Waals surface area (Å²) in [6.07, 6.45) is 3.75. The molecule has 24 heavy (non-hydrogen) atoms. The fraction of sp³-hybridized carbons (Fsp3) is 0.111. The lowest BCUT2D eigenvalue weighted by Crippen LogP contribution is -2.28. The highest BCUT2D eigenvalue weighted by molar-refractivity contribution is 6.30. The fourth-order valence-corrected chi connectivity index (χ4v) is 3.18. The first-order chi connectivity index (χ1) is 11.6. The van der Waals surface area contributed by atoms with E-state index in [4.69, 9.17) is 23.2 Å². The Morgan fingerprint density at radius 3 is 2.21 bits per heavy atom. The van der Waals surface area contributed by atoms with E-state index >= 15 is 0 Å². The maximum atomic E-state index is 6.02. The first-order valence-electron chi connectivity index (χ1n) is 7.50. The van der Waals surface area contributed by atoms with Crippen molar-refractivity contribution in [3.8, 4) is 0 Å². The van der Waals surface area contributed by atoms with Crippen molar-refractivity contribution in [3.63, 3.8) is 0 Å². The topological polar surface area (TPSA) is 34.0 Å². The van der Waals surface area contributed by atoms with Crippen molar-refractivity contribution in [2.45, 2.75) is 6.04 Å². The fourth-order valence-electron chi connectivity index (χ4n) is 2.93. The summed E-state index contributed by atoms with van der Waals surface area (Å²) in [5.74, 6) is 0.794. The first-order valence-corrected chi connectivity index (χ1v) is 8.25.